The van der Waals surface area contributed by atoms with Crippen molar-refractivity contribution in [3.05, 3.63) is 72.9 Å². The van der Waals surface area contributed by atoms with Crippen molar-refractivity contribution in [1.82, 2.24) is 5.32 Å². The number of hydrogen-bond donors (Lipinski definition) is 4. The van der Waals surface area contributed by atoms with Crippen LogP contribution in [0.2, 0.25) is 0 Å². The molecule has 0 aromatic heterocycles. The van der Waals surface area contributed by atoms with Gasteiger partial charge in [0.25, 0.3) is 0 Å². The van der Waals surface area contributed by atoms with Gasteiger partial charge in [0.15, 0.2) is 0 Å². The van der Waals surface area contributed by atoms with E-state index in [1.165, 1.54) is 12.8 Å². The number of aliphatic hydroxyl groups excluding tert-OH is 1. The van der Waals surface area contributed by atoms with E-state index in [2.05, 4.69) is 79.9 Å². The number of phosphoric acid groups is 1. The van der Waals surface area contributed by atoms with Crippen LogP contribution in [0, 0.1) is 0 Å². The topological polar surface area (TPSA) is 131 Å². The lowest BCUT2D eigenvalue weighted by Crippen LogP contribution is -2.45. The van der Waals surface area contributed by atoms with Crippen molar-refractivity contribution in [2.45, 2.75) is 122 Å². The van der Waals surface area contributed by atoms with Crippen LogP contribution in [0.5, 0.6) is 0 Å². The van der Waals surface area contributed by atoms with Crippen LogP contribution in [-0.4, -0.2) is 47.8 Å². The first-order valence-corrected chi connectivity index (χ1v) is 18.1. The summed E-state index contributed by atoms with van der Waals surface area (Å²) in [4.78, 5) is 22.5. The summed E-state index contributed by atoms with van der Waals surface area (Å²) >= 11 is 0. The van der Waals surface area contributed by atoms with E-state index >= 15 is 0 Å². The molecule has 9 heteroatoms. The fraction of sp³-hybridized carbons (Fsp3) is 0.629. The van der Waals surface area contributed by atoms with E-state index in [9.17, 15) is 19.4 Å². The Kier molecular flexibility index (Phi) is 29.5. The first-order valence-electron chi connectivity index (χ1n) is 16.6. The standard InChI is InChI=1S/C35H61N2O6P/c1-3-5-7-9-11-13-15-17-19-21-23-25-27-29-35(39)37-33(32-43-44(40,41)42-31-30-36)34(38)28-26-24-22-20-18-16-14-12-10-8-6-4-2/h5,7,10-13,17-20,26,28,33-34,38H,3-4,6,8-9,14-16,21-25,27,29-32,36H2,1-2H3,(H,37,39)(H,40,41)/b7-5-,12-10+,13-11-,19-17-,20-18+,28-26+. The lowest BCUT2D eigenvalue weighted by Gasteiger charge is -2.23. The van der Waals surface area contributed by atoms with Gasteiger partial charge in [0.05, 0.1) is 25.4 Å². The molecule has 0 spiro atoms. The molecule has 5 N–H and O–H groups in total. The first-order chi connectivity index (χ1) is 21.4. The molecule has 0 aliphatic carbocycles. The van der Waals surface area contributed by atoms with Gasteiger partial charge in [-0.25, -0.2) is 4.57 Å². The Hall–Kier alpha value is -2.06. The number of nitrogens with two attached hydrogens (primary N) is 1. The van der Waals surface area contributed by atoms with Crippen molar-refractivity contribution < 1.29 is 28.4 Å². The van der Waals surface area contributed by atoms with Crippen LogP contribution in [0.1, 0.15) is 110 Å². The predicted octanol–water partition coefficient (Wildman–Crippen LogP) is 8.15. The molecule has 0 fully saturated rings. The summed E-state index contributed by atoms with van der Waals surface area (Å²) in [6, 6.07) is -0.899. The van der Waals surface area contributed by atoms with Crippen molar-refractivity contribution in [2.75, 3.05) is 19.8 Å². The van der Waals surface area contributed by atoms with Crippen LogP contribution in [0.4, 0.5) is 0 Å². The zero-order valence-corrected chi connectivity index (χ0v) is 28.3. The van der Waals surface area contributed by atoms with Crippen molar-refractivity contribution >= 4 is 13.7 Å². The number of nitrogens with one attached hydrogen (secondary N) is 1. The largest absolute Gasteiger partial charge is 0.472 e. The smallest absolute Gasteiger partial charge is 0.387 e. The maximum absolute atomic E-state index is 12.6. The van der Waals surface area contributed by atoms with Crippen LogP contribution in [0.25, 0.3) is 0 Å². The highest BCUT2D eigenvalue weighted by atomic mass is 31.2. The van der Waals surface area contributed by atoms with Gasteiger partial charge in [-0.3, -0.25) is 13.8 Å². The predicted molar refractivity (Wildman–Crippen MR) is 184 cm³/mol. The molecule has 0 rings (SSSR count). The summed E-state index contributed by atoms with van der Waals surface area (Å²) in [5.41, 5.74) is 5.33. The van der Waals surface area contributed by atoms with Crippen LogP contribution in [0.3, 0.4) is 0 Å². The summed E-state index contributed by atoms with van der Waals surface area (Å²) < 4.78 is 21.9. The first kappa shape index (κ1) is 41.9. The molecule has 8 nitrogen and oxygen atoms in total. The fourth-order valence-electron chi connectivity index (χ4n) is 3.98. The maximum Gasteiger partial charge on any atom is 0.472 e. The minimum Gasteiger partial charge on any atom is -0.387 e. The van der Waals surface area contributed by atoms with E-state index in [-0.39, 0.29) is 25.7 Å². The summed E-state index contributed by atoms with van der Waals surface area (Å²) in [7, 11) is -4.35. The molecule has 0 saturated carbocycles. The number of rotatable bonds is 29. The Morgan fingerprint density at radius 3 is 1.98 bits per heavy atom. The van der Waals surface area contributed by atoms with Crippen LogP contribution in [0.15, 0.2) is 72.9 Å². The number of amides is 1. The average Bonchev–Trinajstić information content (AvgIpc) is 3.01. The van der Waals surface area contributed by atoms with Gasteiger partial charge in [-0.05, 0) is 70.6 Å². The van der Waals surface area contributed by atoms with Crippen LogP contribution < -0.4 is 11.1 Å². The van der Waals surface area contributed by atoms with E-state index in [4.69, 9.17) is 14.8 Å². The van der Waals surface area contributed by atoms with Gasteiger partial charge < -0.3 is 21.1 Å². The maximum atomic E-state index is 12.6. The Morgan fingerprint density at radius 1 is 0.773 bits per heavy atom. The molecule has 0 heterocycles. The zero-order valence-electron chi connectivity index (χ0n) is 27.4. The van der Waals surface area contributed by atoms with E-state index in [0.29, 0.717) is 12.8 Å². The van der Waals surface area contributed by atoms with Crippen molar-refractivity contribution in [3.8, 4) is 0 Å². The number of unbranched alkanes of at least 4 members (excludes halogenated alkanes) is 7. The van der Waals surface area contributed by atoms with Crippen molar-refractivity contribution in [2.24, 2.45) is 5.73 Å². The molecule has 0 aromatic carbocycles. The molecule has 252 valence electrons. The number of hydrogen-bond acceptors (Lipinski definition) is 6. The Bertz CT molecular complexity index is 913. The van der Waals surface area contributed by atoms with Gasteiger partial charge >= 0.3 is 7.82 Å². The Balaban J connectivity index is 4.57. The third kappa shape index (κ3) is 28.7. The molecule has 1 amide bonds. The molecule has 0 bridgehead atoms. The van der Waals surface area contributed by atoms with Crippen LogP contribution in [-0.2, 0) is 18.4 Å². The Labute approximate surface area is 267 Å². The molecule has 0 saturated heterocycles. The summed E-state index contributed by atoms with van der Waals surface area (Å²) in [5, 5.41) is 13.5. The highest BCUT2D eigenvalue weighted by Crippen LogP contribution is 2.43. The molecule has 0 radical (unpaired) electrons. The number of carbonyl (C=O) groups excluding carboxylic acids is 1. The van der Waals surface area contributed by atoms with Gasteiger partial charge in [-0.2, -0.15) is 0 Å². The minimum absolute atomic E-state index is 0.0628. The minimum atomic E-state index is -4.35. The molecule has 0 aromatic rings. The van der Waals surface area contributed by atoms with Crippen LogP contribution >= 0.6 is 7.82 Å². The third-order valence-electron chi connectivity index (χ3n) is 6.49. The highest BCUT2D eigenvalue weighted by molar-refractivity contribution is 7.47. The summed E-state index contributed by atoms with van der Waals surface area (Å²) in [5.74, 6) is -0.244. The number of carbonyl (C=O) groups is 1. The monoisotopic (exact) mass is 636 g/mol. The number of aliphatic hydroxyl groups is 1. The number of allylic oxidation sites excluding steroid dienone is 11. The lowest BCUT2D eigenvalue weighted by molar-refractivity contribution is -0.123. The van der Waals surface area contributed by atoms with Crippen molar-refractivity contribution in [1.29, 1.82) is 0 Å². The molecule has 44 heavy (non-hydrogen) atoms. The van der Waals surface area contributed by atoms with E-state index in [1.807, 2.05) is 6.08 Å². The third-order valence-corrected chi connectivity index (χ3v) is 7.48. The molecular formula is C35H61N2O6P. The molecular weight excluding hydrogens is 575 g/mol. The Morgan fingerprint density at radius 2 is 1.34 bits per heavy atom. The van der Waals surface area contributed by atoms with Gasteiger partial charge in [-0.1, -0.05) is 106 Å². The fourth-order valence-corrected chi connectivity index (χ4v) is 4.74. The SMILES string of the molecule is CC/C=C\C/C=C\C/C=C\CCCCCC(=O)NC(COP(=O)(O)OCCN)C(O)/C=C/CC/C=C/CC/C=C/CCCC. The molecule has 0 aliphatic rings. The summed E-state index contributed by atoms with van der Waals surface area (Å²) in [6.07, 6.45) is 38.1. The van der Waals surface area contributed by atoms with Gasteiger partial charge in [-0.15, -0.1) is 0 Å². The summed E-state index contributed by atoms with van der Waals surface area (Å²) in [6.45, 7) is 3.86. The number of phosphoric ester groups is 1. The lowest BCUT2D eigenvalue weighted by atomic mass is 10.1. The zero-order chi connectivity index (χ0) is 32.6. The van der Waals surface area contributed by atoms with E-state index < -0.39 is 20.0 Å². The molecule has 3 unspecified atom stereocenters. The second-order valence-corrected chi connectivity index (χ2v) is 12.1. The highest BCUT2D eigenvalue weighted by Gasteiger charge is 2.26. The van der Waals surface area contributed by atoms with E-state index in [1.54, 1.807) is 6.08 Å². The molecule has 0 aliphatic heterocycles. The normalized spacial score (nSPS) is 15.5. The van der Waals surface area contributed by atoms with Gasteiger partial charge in [0.2, 0.25) is 5.91 Å². The quantitative estimate of drug-likeness (QED) is 0.0370. The van der Waals surface area contributed by atoms with E-state index in [0.717, 1.165) is 70.6 Å². The second kappa shape index (κ2) is 30.9. The molecule has 3 atom stereocenters. The van der Waals surface area contributed by atoms with Crippen molar-refractivity contribution in [3.63, 3.8) is 0 Å². The van der Waals surface area contributed by atoms with Gasteiger partial charge in [0.1, 0.15) is 0 Å². The van der Waals surface area contributed by atoms with Gasteiger partial charge in [0, 0.05) is 13.0 Å². The average molecular weight is 637 g/mol. The second-order valence-electron chi connectivity index (χ2n) is 10.6.